The Morgan fingerprint density at radius 2 is 1.97 bits per heavy atom. The molecule has 6 atom stereocenters. The van der Waals surface area contributed by atoms with Crippen LogP contribution < -0.4 is 5.32 Å². The number of rotatable bonds is 2. The van der Waals surface area contributed by atoms with E-state index in [1.807, 2.05) is 0 Å². The normalized spacial score (nSPS) is 40.5. The van der Waals surface area contributed by atoms with Crippen LogP contribution in [0, 0.1) is 29.1 Å². The van der Waals surface area contributed by atoms with Crippen LogP contribution in [0.4, 0.5) is 0 Å². The van der Waals surface area contributed by atoms with Crippen LogP contribution in [0.1, 0.15) is 39.5 Å². The molecule has 1 N–H and O–H groups in total. The fourth-order valence-electron chi connectivity index (χ4n) is 6.83. The van der Waals surface area contributed by atoms with Crippen molar-refractivity contribution < 1.29 is 4.74 Å². The SMILES string of the molecule is CC1(C)C2=CC(NC3CC=CC4=C3C3C=CC=CC3O4)=CCC2C2CCC=CC21. The van der Waals surface area contributed by atoms with Gasteiger partial charge < -0.3 is 10.1 Å². The summed E-state index contributed by atoms with van der Waals surface area (Å²) in [7, 11) is 0. The standard InChI is InChI=1S/C27H31NO/c1-27(2)21-10-5-3-8-18(21)19-15-14-17(16-22(19)27)28-23-11-7-13-25-26(23)20-9-4-6-12-24(20)29-25/h4-7,9-10,12-14,16,18-21,23-24,28H,3,8,11,15H2,1-2H3. The summed E-state index contributed by atoms with van der Waals surface area (Å²) in [6, 6.07) is 0.326. The van der Waals surface area contributed by atoms with Crippen LogP contribution in [0.15, 0.2) is 83.4 Å². The van der Waals surface area contributed by atoms with Crippen molar-refractivity contribution in [1.82, 2.24) is 5.32 Å². The van der Waals surface area contributed by atoms with E-state index in [4.69, 9.17) is 4.74 Å². The van der Waals surface area contributed by atoms with Gasteiger partial charge in [0.05, 0.1) is 6.04 Å². The Balaban J connectivity index is 1.27. The highest BCUT2D eigenvalue weighted by Crippen LogP contribution is 2.59. The molecule has 150 valence electrons. The Kier molecular flexibility index (Phi) is 3.88. The van der Waals surface area contributed by atoms with Gasteiger partial charge in [-0.3, -0.25) is 0 Å². The molecular weight excluding hydrogens is 354 g/mol. The first-order valence-electron chi connectivity index (χ1n) is 11.4. The lowest BCUT2D eigenvalue weighted by Crippen LogP contribution is -2.35. The van der Waals surface area contributed by atoms with E-state index in [1.165, 1.54) is 30.5 Å². The van der Waals surface area contributed by atoms with Crippen LogP contribution in [0.2, 0.25) is 0 Å². The van der Waals surface area contributed by atoms with Gasteiger partial charge in [0.15, 0.2) is 0 Å². The minimum absolute atomic E-state index is 0.170. The van der Waals surface area contributed by atoms with Gasteiger partial charge in [-0.2, -0.15) is 0 Å². The van der Waals surface area contributed by atoms with Crippen molar-refractivity contribution in [3.05, 3.63) is 83.4 Å². The van der Waals surface area contributed by atoms with Crippen LogP contribution in [0.5, 0.6) is 0 Å². The number of hydrogen-bond acceptors (Lipinski definition) is 2. The summed E-state index contributed by atoms with van der Waals surface area (Å²) in [5.41, 5.74) is 4.69. The molecule has 1 fully saturated rings. The molecule has 0 spiro atoms. The molecule has 6 rings (SSSR count). The van der Waals surface area contributed by atoms with Crippen molar-refractivity contribution in [1.29, 1.82) is 0 Å². The Labute approximate surface area is 174 Å². The van der Waals surface area contributed by atoms with Crippen LogP contribution in [0.3, 0.4) is 0 Å². The van der Waals surface area contributed by atoms with Gasteiger partial charge in [0.2, 0.25) is 0 Å². The van der Waals surface area contributed by atoms with E-state index in [-0.39, 0.29) is 11.5 Å². The second-order valence-electron chi connectivity index (χ2n) is 10.1. The lowest BCUT2D eigenvalue weighted by atomic mass is 9.74. The summed E-state index contributed by atoms with van der Waals surface area (Å²) in [6.07, 6.45) is 28.1. The molecule has 0 aromatic heterocycles. The van der Waals surface area contributed by atoms with Crippen molar-refractivity contribution >= 4 is 0 Å². The summed E-state index contributed by atoms with van der Waals surface area (Å²) in [5, 5.41) is 3.91. The summed E-state index contributed by atoms with van der Waals surface area (Å²) in [5.74, 6) is 3.72. The predicted octanol–water partition coefficient (Wildman–Crippen LogP) is 5.75. The molecule has 2 heteroatoms. The summed E-state index contributed by atoms with van der Waals surface area (Å²) in [4.78, 5) is 0. The smallest absolute Gasteiger partial charge is 0.127 e. The maximum absolute atomic E-state index is 6.23. The topological polar surface area (TPSA) is 21.3 Å². The molecule has 0 aromatic rings. The first-order chi connectivity index (χ1) is 14.1. The van der Waals surface area contributed by atoms with Crippen molar-refractivity contribution in [3.63, 3.8) is 0 Å². The molecule has 0 radical (unpaired) electrons. The lowest BCUT2D eigenvalue weighted by molar-refractivity contribution is 0.173. The molecule has 6 aliphatic rings. The van der Waals surface area contributed by atoms with E-state index in [9.17, 15) is 0 Å². The first-order valence-corrected chi connectivity index (χ1v) is 11.4. The lowest BCUT2D eigenvalue weighted by Gasteiger charge is -2.32. The molecular formula is C27H31NO. The third-order valence-electron chi connectivity index (χ3n) is 8.22. The summed E-state index contributed by atoms with van der Waals surface area (Å²) >= 11 is 0. The van der Waals surface area contributed by atoms with Crippen molar-refractivity contribution in [2.75, 3.05) is 0 Å². The predicted molar refractivity (Wildman–Crippen MR) is 118 cm³/mol. The highest BCUT2D eigenvalue weighted by atomic mass is 16.5. The van der Waals surface area contributed by atoms with E-state index in [0.29, 0.717) is 17.9 Å². The minimum Gasteiger partial charge on any atom is -0.485 e. The van der Waals surface area contributed by atoms with Gasteiger partial charge in [-0.15, -0.1) is 0 Å². The molecule has 6 unspecified atom stereocenters. The quantitative estimate of drug-likeness (QED) is 0.611. The van der Waals surface area contributed by atoms with Gasteiger partial charge in [-0.1, -0.05) is 62.0 Å². The monoisotopic (exact) mass is 385 g/mol. The van der Waals surface area contributed by atoms with Crippen LogP contribution in [-0.4, -0.2) is 12.1 Å². The van der Waals surface area contributed by atoms with Gasteiger partial charge in [-0.25, -0.2) is 0 Å². The number of fused-ring (bicyclic) bond motifs is 5. The Morgan fingerprint density at radius 1 is 1.07 bits per heavy atom. The number of hydrogen-bond donors (Lipinski definition) is 1. The average molecular weight is 386 g/mol. The van der Waals surface area contributed by atoms with Gasteiger partial charge >= 0.3 is 0 Å². The highest BCUT2D eigenvalue weighted by Gasteiger charge is 2.51. The fraction of sp³-hybridized carbons (Fsp3) is 0.481. The van der Waals surface area contributed by atoms with E-state index < -0.39 is 0 Å². The van der Waals surface area contributed by atoms with Crippen LogP contribution in [-0.2, 0) is 4.74 Å². The molecule has 1 heterocycles. The molecule has 0 bridgehead atoms. The zero-order valence-corrected chi connectivity index (χ0v) is 17.5. The van der Waals surface area contributed by atoms with Gasteiger partial charge in [0.1, 0.15) is 11.9 Å². The van der Waals surface area contributed by atoms with Crippen LogP contribution in [0.25, 0.3) is 0 Å². The van der Waals surface area contributed by atoms with Gasteiger partial charge in [0, 0.05) is 17.2 Å². The number of ether oxygens (including phenoxy) is 1. The number of nitrogens with one attached hydrogen (secondary N) is 1. The third-order valence-corrected chi connectivity index (χ3v) is 8.22. The molecule has 5 aliphatic carbocycles. The largest absolute Gasteiger partial charge is 0.485 e. The molecule has 1 saturated carbocycles. The highest BCUT2D eigenvalue weighted by molar-refractivity contribution is 5.44. The third kappa shape index (κ3) is 2.61. The molecule has 29 heavy (non-hydrogen) atoms. The Morgan fingerprint density at radius 3 is 2.90 bits per heavy atom. The maximum Gasteiger partial charge on any atom is 0.127 e. The molecule has 1 aliphatic heterocycles. The van der Waals surface area contributed by atoms with Crippen molar-refractivity contribution in [2.24, 2.45) is 29.1 Å². The second-order valence-corrected chi connectivity index (χ2v) is 10.1. The first kappa shape index (κ1) is 17.6. The molecule has 0 aromatic carbocycles. The molecule has 0 saturated heterocycles. The van der Waals surface area contributed by atoms with Crippen molar-refractivity contribution in [3.8, 4) is 0 Å². The van der Waals surface area contributed by atoms with E-state index >= 15 is 0 Å². The van der Waals surface area contributed by atoms with E-state index in [2.05, 4.69) is 79.9 Å². The van der Waals surface area contributed by atoms with Crippen LogP contribution >= 0.6 is 0 Å². The Bertz CT molecular complexity index is 938. The minimum atomic E-state index is 0.170. The fourth-order valence-corrected chi connectivity index (χ4v) is 6.83. The number of allylic oxidation sites excluding steroid dienone is 8. The van der Waals surface area contributed by atoms with E-state index in [0.717, 1.165) is 24.0 Å². The zero-order chi connectivity index (χ0) is 19.6. The summed E-state index contributed by atoms with van der Waals surface area (Å²) < 4.78 is 6.23. The maximum atomic E-state index is 6.23. The zero-order valence-electron chi connectivity index (χ0n) is 17.5. The second kappa shape index (κ2) is 6.39. The molecule has 2 nitrogen and oxygen atoms in total. The molecule has 0 amide bonds. The van der Waals surface area contributed by atoms with Crippen molar-refractivity contribution in [2.45, 2.75) is 51.7 Å². The van der Waals surface area contributed by atoms with Gasteiger partial charge in [0.25, 0.3) is 0 Å². The van der Waals surface area contributed by atoms with E-state index in [1.54, 1.807) is 5.57 Å². The Hall–Kier alpha value is -2.22. The average Bonchev–Trinajstić information content (AvgIpc) is 3.23. The van der Waals surface area contributed by atoms with Gasteiger partial charge in [-0.05, 0) is 67.1 Å². The summed E-state index contributed by atoms with van der Waals surface area (Å²) in [6.45, 7) is 4.93.